The monoisotopic (exact) mass is 937 g/mol. The molecular weight excluding hydrogens is 837 g/mol. The van der Waals surface area contributed by atoms with Crippen molar-refractivity contribution >= 4 is 17.9 Å². The molecule has 0 rings (SSSR count). The van der Waals surface area contributed by atoms with Crippen LogP contribution in [0.15, 0.2) is 84.7 Å². The van der Waals surface area contributed by atoms with E-state index in [1.165, 1.54) is 159 Å². The minimum atomic E-state index is -0.907. The summed E-state index contributed by atoms with van der Waals surface area (Å²) in [5.74, 6) is -1.20. The normalized spacial score (nSPS) is 12.8. The van der Waals surface area contributed by atoms with E-state index in [1.807, 2.05) is 12.2 Å². The van der Waals surface area contributed by atoms with E-state index in [1.54, 1.807) is 12.2 Å². The van der Waals surface area contributed by atoms with E-state index >= 15 is 0 Å². The van der Waals surface area contributed by atoms with Gasteiger partial charge in [0.2, 0.25) is 0 Å². The third-order valence-corrected chi connectivity index (χ3v) is 11.7. The van der Waals surface area contributed by atoms with Crippen LogP contribution in [0.5, 0.6) is 0 Å². The van der Waals surface area contributed by atoms with Gasteiger partial charge >= 0.3 is 17.9 Å². The summed E-state index contributed by atoms with van der Waals surface area (Å²) in [7, 11) is 0. The first-order valence-corrected chi connectivity index (χ1v) is 27.5. The first-order valence-electron chi connectivity index (χ1n) is 27.5. The predicted molar refractivity (Wildman–Crippen MR) is 282 cm³/mol. The third kappa shape index (κ3) is 50.1. The molecule has 0 radical (unpaired) electrons. The quantitative estimate of drug-likeness (QED) is 0.00740. The summed E-state index contributed by atoms with van der Waals surface area (Å²) in [6, 6.07) is 0. The van der Waals surface area contributed by atoms with Crippen molar-refractivity contribution in [3.63, 3.8) is 0 Å². The molecule has 0 aliphatic heterocycles. The van der Waals surface area contributed by atoms with Gasteiger partial charge in [0, 0.05) is 18.9 Å². The zero-order valence-electron chi connectivity index (χ0n) is 43.3. The van der Waals surface area contributed by atoms with Crippen LogP contribution in [0.25, 0.3) is 0 Å². The first kappa shape index (κ1) is 63.4. The Hall–Kier alpha value is -3.65. The SMILES string of the molecule is CCCCCCCC/C=C\CCCCCCCC(=O)OCC(COC(=O)C=CC=CC(=CC=CC=CCCCCCCCCC)OO)OC(=O)CCCCCCC/C=C\CCCCCCCC. The predicted octanol–water partition coefficient (Wildman–Crippen LogP) is 17.8. The van der Waals surface area contributed by atoms with Crippen LogP contribution in [0.3, 0.4) is 0 Å². The molecule has 0 aromatic rings. The molecule has 8 nitrogen and oxygen atoms in total. The number of ether oxygens (including phenoxy) is 3. The number of carbonyl (C=O) groups excluding carboxylic acids is 3. The number of esters is 3. The fraction of sp³-hybridized carbons (Fsp3) is 0.712. The average Bonchev–Trinajstić information content (AvgIpc) is 3.33. The van der Waals surface area contributed by atoms with Gasteiger partial charge in [-0.2, -0.15) is 0 Å². The molecule has 1 unspecified atom stereocenters. The van der Waals surface area contributed by atoms with Crippen molar-refractivity contribution in [2.75, 3.05) is 13.2 Å². The Morgan fingerprint density at radius 2 is 0.791 bits per heavy atom. The van der Waals surface area contributed by atoms with Gasteiger partial charge in [0.1, 0.15) is 13.2 Å². The summed E-state index contributed by atoms with van der Waals surface area (Å²) < 4.78 is 16.6. The van der Waals surface area contributed by atoms with Gasteiger partial charge in [-0.25, -0.2) is 10.1 Å². The van der Waals surface area contributed by atoms with Crippen molar-refractivity contribution in [1.29, 1.82) is 0 Å². The Balaban J connectivity index is 4.76. The van der Waals surface area contributed by atoms with Gasteiger partial charge in [0.15, 0.2) is 11.9 Å². The molecule has 0 fully saturated rings. The van der Waals surface area contributed by atoms with Gasteiger partial charge in [-0.15, -0.1) is 0 Å². The van der Waals surface area contributed by atoms with E-state index in [4.69, 9.17) is 14.2 Å². The highest BCUT2D eigenvalue weighted by atomic mass is 17.1. The number of carbonyl (C=O) groups is 3. The smallest absolute Gasteiger partial charge is 0.330 e. The number of rotatable bonds is 49. The van der Waals surface area contributed by atoms with E-state index < -0.39 is 18.0 Å². The number of allylic oxidation sites excluding steroid dienone is 12. The van der Waals surface area contributed by atoms with Gasteiger partial charge in [0.05, 0.1) is 0 Å². The Kier molecular flexibility index (Phi) is 50.4. The zero-order valence-corrected chi connectivity index (χ0v) is 43.3. The average molecular weight is 937 g/mol. The molecule has 0 aromatic carbocycles. The summed E-state index contributed by atoms with van der Waals surface area (Å²) in [4.78, 5) is 42.4. The molecule has 1 atom stereocenters. The van der Waals surface area contributed by atoms with Crippen LogP contribution in [0.2, 0.25) is 0 Å². The minimum Gasteiger partial charge on any atom is -0.462 e. The van der Waals surface area contributed by atoms with E-state index in [-0.39, 0.29) is 31.4 Å². The number of hydrogen-bond acceptors (Lipinski definition) is 8. The molecule has 0 heterocycles. The van der Waals surface area contributed by atoms with Gasteiger partial charge < -0.3 is 19.1 Å². The lowest BCUT2D eigenvalue weighted by molar-refractivity contribution is -0.198. The molecule has 67 heavy (non-hydrogen) atoms. The van der Waals surface area contributed by atoms with Gasteiger partial charge in [-0.05, 0) is 89.2 Å². The molecule has 0 spiro atoms. The van der Waals surface area contributed by atoms with Crippen molar-refractivity contribution in [1.82, 2.24) is 0 Å². The Labute approximate surface area is 411 Å². The molecule has 8 heteroatoms. The molecule has 0 saturated carbocycles. The number of hydrogen-bond donors (Lipinski definition) is 1. The molecule has 0 amide bonds. The molecule has 0 bridgehead atoms. The van der Waals surface area contributed by atoms with Crippen molar-refractivity contribution in [3.05, 3.63) is 84.7 Å². The number of unbranched alkanes of at least 4 members (excludes halogenated alkanes) is 29. The highest BCUT2D eigenvalue weighted by Gasteiger charge is 2.19. The fourth-order valence-electron chi connectivity index (χ4n) is 7.53. The van der Waals surface area contributed by atoms with Crippen LogP contribution in [-0.2, 0) is 33.5 Å². The van der Waals surface area contributed by atoms with Crippen molar-refractivity contribution in [3.8, 4) is 0 Å². The van der Waals surface area contributed by atoms with Crippen LogP contribution < -0.4 is 0 Å². The maximum atomic E-state index is 12.8. The van der Waals surface area contributed by atoms with Gasteiger partial charge in [-0.3, -0.25) is 9.59 Å². The molecular formula is C59H100O8. The van der Waals surface area contributed by atoms with Crippen molar-refractivity contribution in [2.45, 2.75) is 258 Å². The maximum absolute atomic E-state index is 12.8. The highest BCUT2D eigenvalue weighted by molar-refractivity contribution is 5.82. The Bertz CT molecular complexity index is 1340. The van der Waals surface area contributed by atoms with Crippen LogP contribution in [0.4, 0.5) is 0 Å². The summed E-state index contributed by atoms with van der Waals surface area (Å²) in [6.45, 7) is 6.32. The van der Waals surface area contributed by atoms with Crippen molar-refractivity contribution < 1.29 is 38.7 Å². The second kappa shape index (κ2) is 53.3. The molecule has 0 aliphatic rings. The lowest BCUT2D eigenvalue weighted by atomic mass is 10.1. The van der Waals surface area contributed by atoms with Crippen LogP contribution in [-0.4, -0.2) is 42.5 Å². The molecule has 0 saturated heterocycles. The lowest BCUT2D eigenvalue weighted by Gasteiger charge is -2.18. The van der Waals surface area contributed by atoms with Gasteiger partial charge in [-0.1, -0.05) is 223 Å². The largest absolute Gasteiger partial charge is 0.462 e. The topological polar surface area (TPSA) is 108 Å². The second-order valence-electron chi connectivity index (χ2n) is 18.2. The van der Waals surface area contributed by atoms with E-state index in [0.29, 0.717) is 12.8 Å². The zero-order chi connectivity index (χ0) is 48.8. The molecule has 0 aliphatic carbocycles. The van der Waals surface area contributed by atoms with E-state index in [0.717, 1.165) is 77.0 Å². The summed E-state index contributed by atoms with van der Waals surface area (Å²) in [6.07, 6.45) is 64.6. The molecule has 1 N–H and O–H groups in total. The van der Waals surface area contributed by atoms with E-state index in [9.17, 15) is 19.6 Å². The highest BCUT2D eigenvalue weighted by Crippen LogP contribution is 2.14. The third-order valence-electron chi connectivity index (χ3n) is 11.7. The summed E-state index contributed by atoms with van der Waals surface area (Å²) >= 11 is 0. The minimum absolute atomic E-state index is 0.178. The Morgan fingerprint density at radius 1 is 0.403 bits per heavy atom. The van der Waals surface area contributed by atoms with Crippen molar-refractivity contribution in [2.24, 2.45) is 0 Å². The lowest BCUT2D eigenvalue weighted by Crippen LogP contribution is -2.30. The fourth-order valence-corrected chi connectivity index (χ4v) is 7.53. The van der Waals surface area contributed by atoms with Crippen LogP contribution >= 0.6 is 0 Å². The Morgan fingerprint density at radius 3 is 1.25 bits per heavy atom. The van der Waals surface area contributed by atoms with Crippen LogP contribution in [0.1, 0.15) is 252 Å². The standard InChI is InChI=1S/C59H100O8/c1-4-7-10-13-16-19-22-25-27-29-32-35-38-41-44-50-57(60)64-53-56(66-59(62)52-45-42-39-36-33-30-28-26-23-20-17-14-11-8-5-2)54-65-58(61)51-47-46-49-55(67-63)48-43-40-37-34-31-24-21-18-15-12-9-6-3/h25-28,34,37,40,43,46-49,51,56,63H,4-24,29-33,35-36,38-39,41-42,44-45,50,52-54H2,1-3H3/b27-25-,28-26-,37-34?,43-40?,49-46?,51-47?,55-48?. The summed E-state index contributed by atoms with van der Waals surface area (Å²) in [5.41, 5.74) is 0. The molecule has 384 valence electrons. The maximum Gasteiger partial charge on any atom is 0.330 e. The van der Waals surface area contributed by atoms with Crippen LogP contribution in [0, 0.1) is 0 Å². The summed E-state index contributed by atoms with van der Waals surface area (Å²) in [5, 5.41) is 9.26. The van der Waals surface area contributed by atoms with E-state index in [2.05, 4.69) is 56.0 Å². The van der Waals surface area contributed by atoms with Gasteiger partial charge in [0.25, 0.3) is 0 Å². The second-order valence-corrected chi connectivity index (χ2v) is 18.2. The molecule has 0 aromatic heterocycles. The first-order chi connectivity index (χ1) is 33.0.